The summed E-state index contributed by atoms with van der Waals surface area (Å²) in [6.45, 7) is 9.32. The molecule has 2 heterocycles. The number of para-hydroxylation sites is 6. The highest BCUT2D eigenvalue weighted by molar-refractivity contribution is 6.90. The summed E-state index contributed by atoms with van der Waals surface area (Å²) in [5, 5.41) is 13.0. The summed E-state index contributed by atoms with van der Waals surface area (Å²) in [6, 6.07) is 98.5. The Morgan fingerprint density at radius 1 is 0.341 bits per heavy atom. The zero-order chi connectivity index (χ0) is 54.8. The number of rotatable bonds is 9. The zero-order valence-corrected chi connectivity index (χ0v) is 47.1. The number of furan rings is 2. The van der Waals surface area contributed by atoms with Crippen LogP contribution >= 0.6 is 0 Å². The smallest absolute Gasteiger partial charge is 0.159 e. The van der Waals surface area contributed by atoms with Crippen LogP contribution in [0.3, 0.4) is 0 Å². The largest absolute Gasteiger partial charge is 0.454 e. The summed E-state index contributed by atoms with van der Waals surface area (Å²) in [5.41, 5.74) is 17.8. The first-order chi connectivity index (χ1) is 40.2. The Hall–Kier alpha value is -9.94. The second-order valence-electron chi connectivity index (χ2n) is 23.2. The van der Waals surface area contributed by atoms with Gasteiger partial charge in [-0.05, 0) is 156 Å². The van der Waals surface area contributed by atoms with Gasteiger partial charge in [0.25, 0.3) is 0 Å². The fourth-order valence-electron chi connectivity index (χ4n) is 13.9. The monoisotopic (exact) mass is 1070 g/mol. The molecule has 1 aliphatic carbocycles. The van der Waals surface area contributed by atoms with E-state index in [1.165, 1.54) is 65.5 Å². The minimum atomic E-state index is -1.75. The highest BCUT2D eigenvalue weighted by atomic mass is 28.3. The van der Waals surface area contributed by atoms with Gasteiger partial charge in [-0.1, -0.05) is 214 Å². The maximum absolute atomic E-state index is 7.13. The molecule has 4 nitrogen and oxygen atoms in total. The van der Waals surface area contributed by atoms with Crippen molar-refractivity contribution in [3.63, 3.8) is 0 Å². The lowest BCUT2D eigenvalue weighted by atomic mass is 9.66. The number of hydrogen-bond donors (Lipinski definition) is 0. The van der Waals surface area contributed by atoms with Gasteiger partial charge in [0.2, 0.25) is 0 Å². The summed E-state index contributed by atoms with van der Waals surface area (Å²) < 4.78 is 14.0. The number of hydrogen-bond acceptors (Lipinski definition) is 4. The molecule has 0 fully saturated rings. The Balaban J connectivity index is 0.957. The Kier molecular flexibility index (Phi) is 10.7. The van der Waals surface area contributed by atoms with Crippen molar-refractivity contribution in [3.05, 3.63) is 295 Å². The lowest BCUT2D eigenvalue weighted by Crippen LogP contribution is -2.37. The van der Waals surface area contributed by atoms with Crippen molar-refractivity contribution in [2.45, 2.75) is 32.0 Å². The van der Waals surface area contributed by atoms with Crippen LogP contribution in [0, 0.1) is 6.92 Å². The van der Waals surface area contributed by atoms with Crippen molar-refractivity contribution in [2.24, 2.45) is 0 Å². The summed E-state index contributed by atoms with van der Waals surface area (Å²) in [5.74, 6) is 0. The number of fused-ring (bicyclic) bond motifs is 15. The fourth-order valence-corrected chi connectivity index (χ4v) is 15.4. The molecule has 0 unspecified atom stereocenters. The van der Waals surface area contributed by atoms with Crippen molar-refractivity contribution in [2.75, 3.05) is 9.80 Å². The van der Waals surface area contributed by atoms with Crippen LogP contribution < -0.4 is 15.0 Å². The molecule has 13 aromatic carbocycles. The van der Waals surface area contributed by atoms with Crippen molar-refractivity contribution in [3.8, 4) is 11.1 Å². The molecular weight excluding hydrogens is 1010 g/mol. The number of anilines is 6. The second kappa shape index (κ2) is 18.3. The third-order valence-electron chi connectivity index (χ3n) is 17.5. The van der Waals surface area contributed by atoms with Gasteiger partial charge in [0, 0.05) is 44.3 Å². The first-order valence-electron chi connectivity index (χ1n) is 28.5. The van der Waals surface area contributed by atoms with E-state index in [0.717, 1.165) is 89.0 Å². The molecule has 0 bridgehead atoms. The molecule has 15 aromatic rings. The molecule has 16 rings (SSSR count). The molecule has 0 aliphatic heterocycles. The molecule has 0 spiro atoms. The van der Waals surface area contributed by atoms with Crippen LogP contribution in [0.5, 0.6) is 0 Å². The summed E-state index contributed by atoms with van der Waals surface area (Å²) in [6.07, 6.45) is 0. The molecular formula is C77H56N2O2Si. The van der Waals surface area contributed by atoms with Gasteiger partial charge in [0.15, 0.2) is 11.2 Å². The minimum Gasteiger partial charge on any atom is -0.454 e. The highest BCUT2D eigenvalue weighted by Gasteiger charge is 2.48. The van der Waals surface area contributed by atoms with Gasteiger partial charge < -0.3 is 18.6 Å². The summed E-state index contributed by atoms with van der Waals surface area (Å²) in [7, 11) is -1.75. The van der Waals surface area contributed by atoms with Gasteiger partial charge >= 0.3 is 0 Å². The maximum Gasteiger partial charge on any atom is 0.159 e. The van der Waals surface area contributed by atoms with Gasteiger partial charge in [-0.2, -0.15) is 0 Å². The third kappa shape index (κ3) is 7.09. The molecule has 0 amide bonds. The third-order valence-corrected chi connectivity index (χ3v) is 19.5. The van der Waals surface area contributed by atoms with Crippen LogP contribution in [0.15, 0.2) is 276 Å². The van der Waals surface area contributed by atoms with Crippen molar-refractivity contribution in [1.82, 2.24) is 0 Å². The SMILES string of the molecule is Cc1cccc2c1oc1c(N(c3ccccc3)c3ccc4c5c(c6ccccc6c4c3)-c3cc4ccc(N(c6ccccc6)c6cccc7c6oc6c([Si](C)(C)C)cccc67)cc4cc3C5(c3ccccc3)c3ccccc3)cccc12. The quantitative estimate of drug-likeness (QED) is 0.107. The van der Waals surface area contributed by atoms with E-state index in [0.29, 0.717) is 0 Å². The Bertz CT molecular complexity index is 5000. The molecule has 0 atom stereocenters. The van der Waals surface area contributed by atoms with Gasteiger partial charge in [-0.3, -0.25) is 0 Å². The molecule has 5 heteroatoms. The lowest BCUT2D eigenvalue weighted by Gasteiger charge is -2.35. The topological polar surface area (TPSA) is 32.8 Å². The Morgan fingerprint density at radius 3 is 1.44 bits per heavy atom. The van der Waals surface area contributed by atoms with Crippen LogP contribution in [-0.4, -0.2) is 8.07 Å². The second-order valence-corrected chi connectivity index (χ2v) is 28.2. The van der Waals surface area contributed by atoms with E-state index >= 15 is 0 Å². The molecule has 0 radical (unpaired) electrons. The average Bonchev–Trinajstić information content (AvgIpc) is 2.14. The van der Waals surface area contributed by atoms with Crippen LogP contribution in [0.25, 0.3) is 87.3 Å². The normalized spacial score (nSPS) is 13.0. The van der Waals surface area contributed by atoms with E-state index in [1.807, 2.05) is 0 Å². The zero-order valence-electron chi connectivity index (χ0n) is 46.1. The van der Waals surface area contributed by atoms with E-state index in [1.54, 1.807) is 0 Å². The molecule has 0 saturated carbocycles. The minimum absolute atomic E-state index is 0.717. The van der Waals surface area contributed by atoms with Crippen molar-refractivity contribution >= 4 is 124 Å². The highest BCUT2D eigenvalue weighted by Crippen LogP contribution is 2.61. The fraction of sp³-hybridized carbons (Fsp3) is 0.0649. The van der Waals surface area contributed by atoms with Crippen LogP contribution in [0.4, 0.5) is 34.1 Å². The van der Waals surface area contributed by atoms with E-state index in [-0.39, 0.29) is 0 Å². The molecule has 1 aliphatic rings. The number of nitrogens with zero attached hydrogens (tertiary/aromatic N) is 2. The van der Waals surface area contributed by atoms with Gasteiger partial charge in [-0.15, -0.1) is 0 Å². The average molecular weight is 1070 g/mol. The Labute approximate surface area is 477 Å². The molecule has 0 saturated heterocycles. The molecule has 2 aromatic heterocycles. The van der Waals surface area contributed by atoms with E-state index in [9.17, 15) is 0 Å². The van der Waals surface area contributed by atoms with Crippen LogP contribution in [-0.2, 0) is 5.41 Å². The van der Waals surface area contributed by atoms with Crippen molar-refractivity contribution in [1.29, 1.82) is 0 Å². The van der Waals surface area contributed by atoms with Gasteiger partial charge in [0.1, 0.15) is 11.2 Å². The predicted octanol–water partition coefficient (Wildman–Crippen LogP) is 21.1. The Morgan fingerprint density at radius 2 is 0.829 bits per heavy atom. The summed E-state index contributed by atoms with van der Waals surface area (Å²) in [4.78, 5) is 4.76. The predicted molar refractivity (Wildman–Crippen MR) is 348 cm³/mol. The molecule has 0 N–H and O–H groups in total. The molecule has 82 heavy (non-hydrogen) atoms. The van der Waals surface area contributed by atoms with Crippen molar-refractivity contribution < 1.29 is 8.83 Å². The first-order valence-corrected chi connectivity index (χ1v) is 32.0. The molecule has 390 valence electrons. The van der Waals surface area contributed by atoms with Gasteiger partial charge in [-0.25, -0.2) is 0 Å². The van der Waals surface area contributed by atoms with Crippen LogP contribution in [0.1, 0.15) is 27.8 Å². The number of aryl methyl sites for hydroxylation is 1. The number of benzene rings is 13. The van der Waals surface area contributed by atoms with E-state index in [4.69, 9.17) is 8.83 Å². The summed E-state index contributed by atoms with van der Waals surface area (Å²) >= 11 is 0. The standard InChI is InChI=1S/C77H56N2O2Si/c1-49-23-19-34-61-62-35-20-38-68(74(62)80-73(49)61)79(55-30-15-8-16-31-55)57-43-44-60-65(48-57)58-32-17-18-33-59(58)71-66-46-50-41-42-56(45-51(50)47-67(66)77(72(60)71,52-24-9-5-10-25-52)53-26-11-6-12-27-53)78(54-28-13-7-14-29-54)69-39-21-36-63-64-37-22-40-70(82(2,3)4)76(64)81-75(63)69/h5-48H,1-4H3. The van der Waals surface area contributed by atoms with Crippen LogP contribution in [0.2, 0.25) is 19.6 Å². The lowest BCUT2D eigenvalue weighted by molar-refractivity contribution is 0.666. The van der Waals surface area contributed by atoms with E-state index in [2.05, 4.69) is 303 Å². The van der Waals surface area contributed by atoms with E-state index < -0.39 is 13.5 Å². The first kappa shape index (κ1) is 48.0. The van der Waals surface area contributed by atoms with Gasteiger partial charge in [0.05, 0.1) is 24.9 Å². The maximum atomic E-state index is 7.13.